The van der Waals surface area contributed by atoms with Gasteiger partial charge in [-0.05, 0) is 52.0 Å². The molecule has 8 nitrogen and oxygen atoms in total. The summed E-state index contributed by atoms with van der Waals surface area (Å²) in [6.07, 6.45) is 1.45. The molecule has 31 heavy (non-hydrogen) atoms. The molecule has 1 aliphatic rings. The number of nitrogens with one attached hydrogen (secondary N) is 1. The smallest absolute Gasteiger partial charge is 0.411 e. The van der Waals surface area contributed by atoms with Gasteiger partial charge in [0.15, 0.2) is 9.84 Å². The van der Waals surface area contributed by atoms with E-state index in [2.05, 4.69) is 5.32 Å². The average Bonchev–Trinajstić information content (AvgIpc) is 2.62. The molecule has 1 aliphatic heterocycles. The van der Waals surface area contributed by atoms with E-state index in [1.54, 1.807) is 25.7 Å². The van der Waals surface area contributed by atoms with E-state index < -0.39 is 43.7 Å². The van der Waals surface area contributed by atoms with Gasteiger partial charge in [-0.3, -0.25) is 5.32 Å². The largest absolute Gasteiger partial charge is 0.449 e. The van der Waals surface area contributed by atoms with Gasteiger partial charge in [-0.15, -0.1) is 0 Å². The van der Waals surface area contributed by atoms with Crippen molar-refractivity contribution >= 4 is 27.7 Å². The maximum Gasteiger partial charge on any atom is 0.411 e. The molecule has 0 aromatic heterocycles. The van der Waals surface area contributed by atoms with Crippen molar-refractivity contribution in [2.24, 2.45) is 5.92 Å². The lowest BCUT2D eigenvalue weighted by Crippen LogP contribution is -2.41. The summed E-state index contributed by atoms with van der Waals surface area (Å²) >= 11 is 0. The molecule has 2 rings (SSSR count). The van der Waals surface area contributed by atoms with Gasteiger partial charge < -0.3 is 14.4 Å². The minimum atomic E-state index is -3.94. The third-order valence-electron chi connectivity index (χ3n) is 4.68. The summed E-state index contributed by atoms with van der Waals surface area (Å²) in [5.41, 5.74) is -1.07. The van der Waals surface area contributed by atoms with Crippen LogP contribution in [0.2, 0.25) is 0 Å². The Hall–Kier alpha value is -2.43. The first-order valence-corrected chi connectivity index (χ1v) is 11.8. The van der Waals surface area contributed by atoms with Crippen LogP contribution in [-0.4, -0.2) is 57.1 Å². The first kappa shape index (κ1) is 24.8. The number of piperidine rings is 1. The lowest BCUT2D eigenvalue weighted by Gasteiger charge is -2.33. The van der Waals surface area contributed by atoms with Gasteiger partial charge >= 0.3 is 12.2 Å². The van der Waals surface area contributed by atoms with Crippen molar-refractivity contribution in [2.75, 3.05) is 31.3 Å². The molecule has 1 fully saturated rings. The van der Waals surface area contributed by atoms with E-state index in [0.29, 0.717) is 31.6 Å². The minimum Gasteiger partial charge on any atom is -0.449 e. The number of benzene rings is 1. The molecule has 0 spiro atoms. The molecule has 2 amide bonds. The molecule has 0 saturated carbocycles. The third-order valence-corrected chi connectivity index (χ3v) is 5.80. The van der Waals surface area contributed by atoms with Crippen LogP contribution in [0, 0.1) is 17.6 Å². The van der Waals surface area contributed by atoms with E-state index in [1.807, 2.05) is 0 Å². The van der Waals surface area contributed by atoms with Gasteiger partial charge in [0.25, 0.3) is 0 Å². The number of hydrogen-bond acceptors (Lipinski definition) is 6. The zero-order chi connectivity index (χ0) is 23.4. The second kappa shape index (κ2) is 9.80. The Labute approximate surface area is 180 Å². The lowest BCUT2D eigenvalue weighted by atomic mass is 9.94. The number of halogens is 2. The van der Waals surface area contributed by atoms with Gasteiger partial charge in [-0.2, -0.15) is 0 Å². The molecular weight excluding hydrogens is 434 g/mol. The van der Waals surface area contributed by atoms with Crippen molar-refractivity contribution < 1.29 is 36.3 Å². The van der Waals surface area contributed by atoms with Gasteiger partial charge in [-0.1, -0.05) is 0 Å². The molecule has 0 atom stereocenters. The summed E-state index contributed by atoms with van der Waals surface area (Å²) < 4.78 is 61.0. The van der Waals surface area contributed by atoms with E-state index in [-0.39, 0.29) is 18.6 Å². The fraction of sp³-hybridized carbons (Fsp3) is 0.600. The fourth-order valence-corrected chi connectivity index (χ4v) is 3.83. The Morgan fingerprint density at radius 1 is 1.16 bits per heavy atom. The van der Waals surface area contributed by atoms with Crippen LogP contribution in [0.25, 0.3) is 0 Å². The van der Waals surface area contributed by atoms with Crippen molar-refractivity contribution in [1.82, 2.24) is 4.90 Å². The van der Waals surface area contributed by atoms with Gasteiger partial charge in [0.2, 0.25) is 0 Å². The van der Waals surface area contributed by atoms with Crippen LogP contribution in [0.15, 0.2) is 17.0 Å². The van der Waals surface area contributed by atoms with Crippen LogP contribution in [0.4, 0.5) is 24.1 Å². The molecule has 174 valence electrons. The maximum atomic E-state index is 14.0. The van der Waals surface area contributed by atoms with E-state index >= 15 is 0 Å². The second-order valence-electron chi connectivity index (χ2n) is 8.50. The Morgan fingerprint density at radius 3 is 2.32 bits per heavy atom. The summed E-state index contributed by atoms with van der Waals surface area (Å²) in [4.78, 5) is 24.8. The van der Waals surface area contributed by atoms with Crippen LogP contribution in [0.1, 0.15) is 40.0 Å². The van der Waals surface area contributed by atoms with Gasteiger partial charge in [-0.25, -0.2) is 26.8 Å². The molecule has 11 heteroatoms. The highest BCUT2D eigenvalue weighted by molar-refractivity contribution is 7.90. The number of nitrogens with zero attached hydrogens (tertiary/aromatic N) is 1. The summed E-state index contributed by atoms with van der Waals surface area (Å²) in [6, 6.07) is 1.11. The van der Waals surface area contributed by atoms with E-state index in [1.165, 1.54) is 0 Å². The number of carbonyl (C=O) groups excluding carboxylic acids is 2. The predicted molar refractivity (Wildman–Crippen MR) is 110 cm³/mol. The van der Waals surface area contributed by atoms with Crippen LogP contribution in [0.5, 0.6) is 0 Å². The van der Waals surface area contributed by atoms with E-state index in [9.17, 15) is 26.8 Å². The van der Waals surface area contributed by atoms with Crippen molar-refractivity contribution in [1.29, 1.82) is 0 Å². The number of likely N-dealkylation sites (tertiary alicyclic amines) is 1. The van der Waals surface area contributed by atoms with Crippen LogP contribution >= 0.6 is 0 Å². The van der Waals surface area contributed by atoms with Gasteiger partial charge in [0.1, 0.15) is 22.1 Å². The number of rotatable bonds is 5. The molecule has 1 N–H and O–H groups in total. The molecule has 1 saturated heterocycles. The molecular formula is C20H28F2N2O6S. The predicted octanol–water partition coefficient (Wildman–Crippen LogP) is 3.95. The number of amides is 2. The Morgan fingerprint density at radius 2 is 1.77 bits per heavy atom. The molecule has 0 unspecified atom stereocenters. The standard InChI is InChI=1S/C20H28F2N2O6S/c1-20(2,3)30-19(26)24-8-5-13(6-9-24)7-10-29-18(25)23-16-11-15(22)17(12-14(16)21)31(4,27)28/h11-13H,5-10H2,1-4H3,(H,23,25). The Balaban J connectivity index is 1.77. The summed E-state index contributed by atoms with van der Waals surface area (Å²) in [6.45, 7) is 6.57. The van der Waals surface area contributed by atoms with Crippen molar-refractivity contribution in [2.45, 2.75) is 50.5 Å². The summed E-state index contributed by atoms with van der Waals surface area (Å²) in [5, 5.41) is 2.07. The highest BCUT2D eigenvalue weighted by Gasteiger charge is 2.27. The SMILES string of the molecule is CC(C)(C)OC(=O)N1CCC(CCOC(=O)Nc2cc(F)c(S(C)(=O)=O)cc2F)CC1. The molecule has 1 aromatic rings. The van der Waals surface area contributed by atoms with Crippen LogP contribution in [0.3, 0.4) is 0 Å². The Bertz CT molecular complexity index is 922. The van der Waals surface area contributed by atoms with Crippen molar-refractivity contribution in [3.05, 3.63) is 23.8 Å². The minimum absolute atomic E-state index is 0.0639. The number of carbonyl (C=O) groups is 2. The number of anilines is 1. The molecule has 1 aromatic carbocycles. The van der Waals surface area contributed by atoms with Crippen molar-refractivity contribution in [3.8, 4) is 0 Å². The average molecular weight is 463 g/mol. The molecule has 0 bridgehead atoms. The summed E-state index contributed by atoms with van der Waals surface area (Å²) in [7, 11) is -3.94. The quantitative estimate of drug-likeness (QED) is 0.711. The highest BCUT2D eigenvalue weighted by Crippen LogP contribution is 2.24. The molecule has 0 aliphatic carbocycles. The van der Waals surface area contributed by atoms with Gasteiger partial charge in [0, 0.05) is 25.4 Å². The fourth-order valence-electron chi connectivity index (χ4n) is 3.10. The third kappa shape index (κ3) is 7.64. The Kier molecular flexibility index (Phi) is 7.85. The van der Waals surface area contributed by atoms with Gasteiger partial charge in [0.05, 0.1) is 12.3 Å². The van der Waals surface area contributed by atoms with Crippen LogP contribution < -0.4 is 5.32 Å². The van der Waals surface area contributed by atoms with Crippen LogP contribution in [-0.2, 0) is 19.3 Å². The normalized spacial score (nSPS) is 15.5. The lowest BCUT2D eigenvalue weighted by molar-refractivity contribution is 0.0175. The maximum absolute atomic E-state index is 14.0. The second-order valence-corrected chi connectivity index (χ2v) is 10.5. The van der Waals surface area contributed by atoms with E-state index in [0.717, 1.165) is 19.1 Å². The zero-order valence-electron chi connectivity index (χ0n) is 18.0. The number of ether oxygens (including phenoxy) is 2. The first-order chi connectivity index (χ1) is 14.3. The monoisotopic (exact) mass is 462 g/mol. The van der Waals surface area contributed by atoms with E-state index in [4.69, 9.17) is 9.47 Å². The topological polar surface area (TPSA) is 102 Å². The molecule has 0 radical (unpaired) electrons. The first-order valence-electron chi connectivity index (χ1n) is 9.87. The zero-order valence-corrected chi connectivity index (χ0v) is 18.9. The molecule has 1 heterocycles. The highest BCUT2D eigenvalue weighted by atomic mass is 32.2. The number of sulfone groups is 1. The van der Waals surface area contributed by atoms with Crippen molar-refractivity contribution in [3.63, 3.8) is 0 Å². The number of hydrogen-bond donors (Lipinski definition) is 1. The summed E-state index contributed by atoms with van der Waals surface area (Å²) in [5.74, 6) is -2.01.